The Morgan fingerprint density at radius 1 is 1.50 bits per heavy atom. The molecule has 1 fully saturated rings. The predicted molar refractivity (Wildman–Crippen MR) is 30.7 cm³/mol. The zero-order valence-electron chi connectivity index (χ0n) is 5.26. The van der Waals surface area contributed by atoms with Gasteiger partial charge in [-0.3, -0.25) is 0 Å². The quantitative estimate of drug-likeness (QED) is 0.464. The molecule has 1 aliphatic rings. The Morgan fingerprint density at radius 2 is 2.25 bits per heavy atom. The maximum Gasteiger partial charge on any atom is 0.0355 e. The summed E-state index contributed by atoms with van der Waals surface area (Å²) in [5, 5.41) is 11.9. The number of hydrogen-bond acceptors (Lipinski definition) is 1. The number of hydroxylamine groups is 2. The maximum absolute atomic E-state index is 10.7. The molecule has 1 rings (SSSR count). The Bertz CT molecular complexity index is 64.9. The topological polar surface area (TPSA) is 23.1 Å². The molecule has 1 saturated heterocycles. The van der Waals surface area contributed by atoms with Gasteiger partial charge in [0.2, 0.25) is 0 Å². The second-order valence-corrected chi connectivity index (χ2v) is 2.49. The third kappa shape index (κ3) is 1.20. The van der Waals surface area contributed by atoms with Gasteiger partial charge in [0.25, 0.3) is 0 Å². The molecule has 0 unspecified atom stereocenters. The summed E-state index contributed by atoms with van der Waals surface area (Å²) in [5.41, 5.74) is 0. The first-order chi connectivity index (χ1) is 3.80. The highest BCUT2D eigenvalue weighted by Crippen LogP contribution is 2.13. The monoisotopic (exact) mass is 114 g/mol. The zero-order chi connectivity index (χ0) is 5.98. The summed E-state index contributed by atoms with van der Waals surface area (Å²) in [7, 11) is 0. The minimum atomic E-state index is 0.281. The van der Waals surface area contributed by atoms with Gasteiger partial charge in [-0.05, 0) is 19.8 Å². The molecule has 0 N–H and O–H groups in total. The molecule has 1 radical (unpaired) electrons. The van der Waals surface area contributed by atoms with Crippen molar-refractivity contribution < 1.29 is 5.21 Å². The van der Waals surface area contributed by atoms with E-state index in [1.807, 2.05) is 6.92 Å². The zero-order valence-corrected chi connectivity index (χ0v) is 5.26. The smallest absolute Gasteiger partial charge is 0.0355 e. The summed E-state index contributed by atoms with van der Waals surface area (Å²) in [4.78, 5) is 0. The Hall–Kier alpha value is -0.0800. The molecule has 0 saturated carbocycles. The highest BCUT2D eigenvalue weighted by molar-refractivity contribution is 4.64. The van der Waals surface area contributed by atoms with E-state index >= 15 is 0 Å². The van der Waals surface area contributed by atoms with Crippen LogP contribution in [0.4, 0.5) is 0 Å². The molecule has 0 amide bonds. The first kappa shape index (κ1) is 6.05. The van der Waals surface area contributed by atoms with E-state index in [9.17, 15) is 5.21 Å². The van der Waals surface area contributed by atoms with Gasteiger partial charge in [-0.15, -0.1) is 5.21 Å². The van der Waals surface area contributed by atoms with Crippen LogP contribution >= 0.6 is 0 Å². The van der Waals surface area contributed by atoms with Crippen LogP contribution in [0.3, 0.4) is 0 Å². The molecule has 2 heteroatoms. The van der Waals surface area contributed by atoms with E-state index in [1.165, 1.54) is 11.5 Å². The SMILES string of the molecule is C[C@@H]1CCCCN1[O]. The van der Waals surface area contributed by atoms with Gasteiger partial charge >= 0.3 is 0 Å². The number of piperidine rings is 1. The normalized spacial score (nSPS) is 33.0. The van der Waals surface area contributed by atoms with E-state index in [0.717, 1.165) is 19.4 Å². The van der Waals surface area contributed by atoms with E-state index in [2.05, 4.69) is 0 Å². The van der Waals surface area contributed by atoms with Crippen LogP contribution in [0.1, 0.15) is 26.2 Å². The predicted octanol–water partition coefficient (Wildman–Crippen LogP) is 1.21. The lowest BCUT2D eigenvalue weighted by Gasteiger charge is -2.24. The van der Waals surface area contributed by atoms with Crippen molar-refractivity contribution in [1.29, 1.82) is 0 Å². The molecule has 1 heterocycles. The van der Waals surface area contributed by atoms with Gasteiger partial charge in [0, 0.05) is 12.6 Å². The van der Waals surface area contributed by atoms with Gasteiger partial charge in [-0.1, -0.05) is 6.42 Å². The van der Waals surface area contributed by atoms with Gasteiger partial charge in [-0.25, -0.2) is 0 Å². The highest BCUT2D eigenvalue weighted by atomic mass is 16.5. The van der Waals surface area contributed by atoms with Gasteiger partial charge in [0.05, 0.1) is 0 Å². The van der Waals surface area contributed by atoms with Gasteiger partial charge in [0.15, 0.2) is 0 Å². The summed E-state index contributed by atoms with van der Waals surface area (Å²) in [5.74, 6) is 0. The van der Waals surface area contributed by atoms with Crippen molar-refractivity contribution in [3.8, 4) is 0 Å². The molecule has 0 bridgehead atoms. The molecule has 8 heavy (non-hydrogen) atoms. The molecule has 47 valence electrons. The minimum absolute atomic E-state index is 0.281. The van der Waals surface area contributed by atoms with Gasteiger partial charge in [-0.2, -0.15) is 5.06 Å². The lowest BCUT2D eigenvalue weighted by Crippen LogP contribution is -2.32. The lowest BCUT2D eigenvalue weighted by atomic mass is 10.1. The molecule has 1 aliphatic heterocycles. The van der Waals surface area contributed by atoms with Crippen LogP contribution in [-0.4, -0.2) is 17.6 Å². The second kappa shape index (κ2) is 2.46. The maximum atomic E-state index is 10.7. The lowest BCUT2D eigenvalue weighted by molar-refractivity contribution is -0.194. The van der Waals surface area contributed by atoms with E-state index in [-0.39, 0.29) is 6.04 Å². The fraction of sp³-hybridized carbons (Fsp3) is 1.00. The van der Waals surface area contributed by atoms with Crippen molar-refractivity contribution in [2.75, 3.05) is 6.54 Å². The average Bonchev–Trinajstić information content (AvgIpc) is 1.77. The average molecular weight is 114 g/mol. The standard InChI is InChI=1S/C6H12NO/c1-6-4-2-3-5-7(6)8/h6H,2-5H2,1H3/t6-/m1/s1. The third-order valence-electron chi connectivity index (χ3n) is 1.74. The largest absolute Gasteiger partial charge is 0.152 e. The van der Waals surface area contributed by atoms with E-state index in [1.54, 1.807) is 0 Å². The summed E-state index contributed by atoms with van der Waals surface area (Å²) < 4.78 is 0. The molecule has 0 aromatic heterocycles. The van der Waals surface area contributed by atoms with Crippen molar-refractivity contribution in [2.24, 2.45) is 0 Å². The number of rotatable bonds is 0. The van der Waals surface area contributed by atoms with Crippen LogP contribution in [0.2, 0.25) is 0 Å². The van der Waals surface area contributed by atoms with Crippen molar-refractivity contribution in [1.82, 2.24) is 5.06 Å². The first-order valence-corrected chi connectivity index (χ1v) is 3.24. The highest BCUT2D eigenvalue weighted by Gasteiger charge is 2.16. The Kier molecular flexibility index (Phi) is 1.86. The molecular weight excluding hydrogens is 102 g/mol. The number of nitrogens with zero attached hydrogens (tertiary/aromatic N) is 1. The van der Waals surface area contributed by atoms with Crippen molar-refractivity contribution in [2.45, 2.75) is 32.2 Å². The van der Waals surface area contributed by atoms with Crippen LogP contribution in [0.25, 0.3) is 0 Å². The van der Waals surface area contributed by atoms with Gasteiger partial charge < -0.3 is 0 Å². The molecular formula is C6H12NO. The van der Waals surface area contributed by atoms with Crippen molar-refractivity contribution in [3.05, 3.63) is 0 Å². The summed E-state index contributed by atoms with van der Waals surface area (Å²) in [6, 6.07) is 0.281. The summed E-state index contributed by atoms with van der Waals surface area (Å²) in [6.07, 6.45) is 3.41. The summed E-state index contributed by atoms with van der Waals surface area (Å²) in [6.45, 7) is 2.74. The van der Waals surface area contributed by atoms with E-state index in [4.69, 9.17) is 0 Å². The van der Waals surface area contributed by atoms with Crippen LogP contribution < -0.4 is 0 Å². The Morgan fingerprint density at radius 3 is 2.62 bits per heavy atom. The minimum Gasteiger partial charge on any atom is -0.152 e. The van der Waals surface area contributed by atoms with Crippen LogP contribution in [0.5, 0.6) is 0 Å². The molecule has 0 spiro atoms. The Labute approximate surface area is 50.1 Å². The fourth-order valence-electron chi connectivity index (χ4n) is 1.07. The first-order valence-electron chi connectivity index (χ1n) is 3.24. The molecule has 0 aliphatic carbocycles. The van der Waals surface area contributed by atoms with Crippen LogP contribution in [-0.2, 0) is 5.21 Å². The molecule has 0 aromatic rings. The fourth-order valence-corrected chi connectivity index (χ4v) is 1.07. The molecule has 2 nitrogen and oxygen atoms in total. The molecule has 1 atom stereocenters. The Balaban J connectivity index is 2.28. The van der Waals surface area contributed by atoms with Crippen molar-refractivity contribution >= 4 is 0 Å². The van der Waals surface area contributed by atoms with Crippen LogP contribution in [0, 0.1) is 0 Å². The summed E-state index contributed by atoms with van der Waals surface area (Å²) >= 11 is 0. The van der Waals surface area contributed by atoms with Crippen LogP contribution in [0.15, 0.2) is 0 Å². The second-order valence-electron chi connectivity index (χ2n) is 2.49. The number of hydrogen-bond donors (Lipinski definition) is 0. The van der Waals surface area contributed by atoms with E-state index < -0.39 is 0 Å². The molecule has 0 aromatic carbocycles. The van der Waals surface area contributed by atoms with Gasteiger partial charge in [0.1, 0.15) is 0 Å². The third-order valence-corrected chi connectivity index (χ3v) is 1.74. The van der Waals surface area contributed by atoms with E-state index in [0.29, 0.717) is 0 Å². The van der Waals surface area contributed by atoms with Crippen molar-refractivity contribution in [3.63, 3.8) is 0 Å².